The Morgan fingerprint density at radius 1 is 1.27 bits per heavy atom. The Bertz CT molecular complexity index is 1290. The zero-order chi connectivity index (χ0) is 23.9. The molecule has 33 heavy (non-hydrogen) atoms. The Balaban J connectivity index is 1.80. The van der Waals surface area contributed by atoms with Crippen molar-refractivity contribution < 1.29 is 32.6 Å². The summed E-state index contributed by atoms with van der Waals surface area (Å²) in [7, 11) is 2.64. The van der Waals surface area contributed by atoms with E-state index < -0.39 is 23.9 Å². The normalized spacial score (nSPS) is 13.5. The van der Waals surface area contributed by atoms with Crippen LogP contribution in [-0.2, 0) is 0 Å². The van der Waals surface area contributed by atoms with Gasteiger partial charge in [0.2, 0.25) is 5.88 Å². The zero-order valence-corrected chi connectivity index (χ0v) is 19.1. The summed E-state index contributed by atoms with van der Waals surface area (Å²) in [5, 5.41) is 9.19. The van der Waals surface area contributed by atoms with E-state index in [1.165, 1.54) is 26.4 Å². The van der Waals surface area contributed by atoms with Crippen molar-refractivity contribution in [3.8, 4) is 23.2 Å². The second kappa shape index (κ2) is 8.48. The predicted molar refractivity (Wildman–Crippen MR) is 115 cm³/mol. The minimum absolute atomic E-state index is 0.0646. The topological polar surface area (TPSA) is 117 Å². The van der Waals surface area contributed by atoms with Crippen LogP contribution < -0.4 is 24.8 Å². The number of anilines is 1. The second-order valence-corrected chi connectivity index (χ2v) is 7.69. The van der Waals surface area contributed by atoms with Crippen molar-refractivity contribution in [2.75, 3.05) is 19.5 Å². The minimum atomic E-state index is -3.98. The number of rotatable bonds is 5. The summed E-state index contributed by atoms with van der Waals surface area (Å²) in [6.45, 7) is 0. The van der Waals surface area contributed by atoms with Gasteiger partial charge in [0.1, 0.15) is 11.3 Å². The number of methoxy groups -OCH3 is 1. The van der Waals surface area contributed by atoms with Crippen molar-refractivity contribution >= 4 is 45.0 Å². The Morgan fingerprint density at radius 3 is 2.70 bits per heavy atom. The number of hydrogen-bond donors (Lipinski definition) is 2. The van der Waals surface area contributed by atoms with Crippen molar-refractivity contribution in [1.29, 1.82) is 0 Å². The van der Waals surface area contributed by atoms with Crippen molar-refractivity contribution in [1.82, 2.24) is 20.1 Å². The van der Waals surface area contributed by atoms with Gasteiger partial charge >= 0.3 is 6.29 Å². The van der Waals surface area contributed by atoms with Crippen LogP contribution >= 0.6 is 27.5 Å². The first-order valence-corrected chi connectivity index (χ1v) is 10.2. The van der Waals surface area contributed by atoms with Gasteiger partial charge in [-0.2, -0.15) is 0 Å². The summed E-state index contributed by atoms with van der Waals surface area (Å²) >= 11 is 9.37. The highest BCUT2D eigenvalue weighted by atomic mass is 79.9. The number of aromatic nitrogens is 3. The standard InChI is InChI=1S/C19H13BrClF2N5O5/c1-24-18(30)13-14(8(20)6-11-15(13)33-19(22,23)32-11)26-17(29)10-7-12(31-2)27-28(10)16-9(21)4-3-5-25-16/h3-7H,1-2H3,(H,24,30)(H,26,29). The van der Waals surface area contributed by atoms with Crippen LogP contribution in [0.3, 0.4) is 0 Å². The number of pyridine rings is 1. The first kappa shape index (κ1) is 22.7. The van der Waals surface area contributed by atoms with E-state index in [1.807, 2.05) is 0 Å². The van der Waals surface area contributed by atoms with Gasteiger partial charge in [0.05, 0.1) is 17.8 Å². The number of benzene rings is 1. The van der Waals surface area contributed by atoms with Crippen molar-refractivity contribution in [2.45, 2.75) is 6.29 Å². The number of halogens is 4. The number of carbonyl (C=O) groups excluding carboxylic acids is 2. The minimum Gasteiger partial charge on any atom is -0.480 e. The molecule has 2 amide bonds. The van der Waals surface area contributed by atoms with Crippen LogP contribution in [0, 0.1) is 0 Å². The van der Waals surface area contributed by atoms with Crippen molar-refractivity contribution in [3.05, 3.63) is 51.2 Å². The van der Waals surface area contributed by atoms with Gasteiger partial charge in [0, 0.05) is 29.8 Å². The highest BCUT2D eigenvalue weighted by molar-refractivity contribution is 9.10. The van der Waals surface area contributed by atoms with E-state index in [0.717, 1.165) is 10.7 Å². The van der Waals surface area contributed by atoms with E-state index in [4.69, 9.17) is 16.3 Å². The molecule has 0 atom stereocenters. The molecule has 3 heterocycles. The molecule has 0 spiro atoms. The molecule has 4 rings (SSSR count). The summed E-state index contributed by atoms with van der Waals surface area (Å²) in [6, 6.07) is 5.61. The van der Waals surface area contributed by atoms with Gasteiger partial charge in [-0.25, -0.2) is 9.67 Å². The lowest BCUT2D eigenvalue weighted by Crippen LogP contribution is -2.27. The highest BCUT2D eigenvalue weighted by Gasteiger charge is 2.46. The summed E-state index contributed by atoms with van der Waals surface area (Å²) in [6.07, 6.45) is -2.52. The quantitative estimate of drug-likeness (QED) is 0.504. The fourth-order valence-corrected chi connectivity index (χ4v) is 3.72. The summed E-state index contributed by atoms with van der Waals surface area (Å²) < 4.78 is 42.6. The van der Waals surface area contributed by atoms with Gasteiger partial charge in [-0.15, -0.1) is 13.9 Å². The summed E-state index contributed by atoms with van der Waals surface area (Å²) in [5.41, 5.74) is -0.579. The molecular weight excluding hydrogens is 532 g/mol. The molecule has 14 heteroatoms. The molecule has 1 aromatic carbocycles. The Morgan fingerprint density at radius 2 is 2.03 bits per heavy atom. The van der Waals surface area contributed by atoms with Gasteiger partial charge in [0.15, 0.2) is 17.3 Å². The average molecular weight is 545 g/mol. The van der Waals surface area contributed by atoms with E-state index >= 15 is 0 Å². The SMILES string of the molecule is CNC(=O)c1c(NC(=O)c2cc(OC)nn2-c2ncccc2Cl)c(Br)cc2c1OC(F)(F)O2. The lowest BCUT2D eigenvalue weighted by Gasteiger charge is -2.15. The number of ether oxygens (including phenoxy) is 3. The van der Waals surface area contributed by atoms with E-state index in [-0.39, 0.29) is 43.9 Å². The first-order valence-electron chi connectivity index (χ1n) is 9.06. The fraction of sp³-hybridized carbons (Fsp3) is 0.158. The molecule has 2 aromatic heterocycles. The second-order valence-electron chi connectivity index (χ2n) is 6.43. The molecule has 0 aliphatic carbocycles. The van der Waals surface area contributed by atoms with Crippen LogP contribution in [-0.4, -0.2) is 47.0 Å². The van der Waals surface area contributed by atoms with Gasteiger partial charge < -0.3 is 24.8 Å². The monoisotopic (exact) mass is 543 g/mol. The maximum absolute atomic E-state index is 13.7. The van der Waals surface area contributed by atoms with E-state index in [1.54, 1.807) is 12.1 Å². The van der Waals surface area contributed by atoms with Crippen LogP contribution in [0.25, 0.3) is 5.82 Å². The number of carbonyl (C=O) groups is 2. The maximum atomic E-state index is 13.7. The third-order valence-corrected chi connectivity index (χ3v) is 5.33. The number of alkyl halides is 2. The smallest absolute Gasteiger partial charge is 0.480 e. The van der Waals surface area contributed by atoms with Gasteiger partial charge in [-0.3, -0.25) is 9.59 Å². The van der Waals surface area contributed by atoms with Crippen LogP contribution in [0.15, 0.2) is 34.9 Å². The molecule has 0 saturated carbocycles. The molecular formula is C19H13BrClF2N5O5. The van der Waals surface area contributed by atoms with Crippen molar-refractivity contribution in [2.24, 2.45) is 0 Å². The Kier molecular flexibility index (Phi) is 5.84. The predicted octanol–water partition coefficient (Wildman–Crippen LogP) is 3.63. The first-order chi connectivity index (χ1) is 15.6. The van der Waals surface area contributed by atoms with E-state index in [9.17, 15) is 18.4 Å². The number of fused-ring (bicyclic) bond motifs is 1. The summed E-state index contributed by atoms with van der Waals surface area (Å²) in [5.74, 6) is -2.26. The molecule has 2 N–H and O–H groups in total. The molecule has 0 unspecified atom stereocenters. The third kappa shape index (κ3) is 4.16. The van der Waals surface area contributed by atoms with Crippen LogP contribution in [0.2, 0.25) is 5.02 Å². The third-order valence-electron chi connectivity index (χ3n) is 4.41. The van der Waals surface area contributed by atoms with Gasteiger partial charge in [-0.1, -0.05) is 11.6 Å². The average Bonchev–Trinajstić information content (AvgIpc) is 3.33. The summed E-state index contributed by atoms with van der Waals surface area (Å²) in [4.78, 5) is 29.9. The van der Waals surface area contributed by atoms with Crippen LogP contribution in [0.5, 0.6) is 17.4 Å². The largest absolute Gasteiger partial charge is 0.586 e. The van der Waals surface area contributed by atoms with Crippen LogP contribution in [0.4, 0.5) is 14.5 Å². The lowest BCUT2D eigenvalue weighted by atomic mass is 10.1. The molecule has 10 nitrogen and oxygen atoms in total. The number of nitrogens with one attached hydrogen (secondary N) is 2. The molecule has 0 bridgehead atoms. The van der Waals surface area contributed by atoms with Gasteiger partial charge in [-0.05, 0) is 28.1 Å². The molecule has 0 radical (unpaired) electrons. The van der Waals surface area contributed by atoms with E-state index in [2.05, 4.69) is 46.1 Å². The Hall–Kier alpha value is -3.45. The molecule has 1 aliphatic heterocycles. The number of hydrogen-bond acceptors (Lipinski definition) is 7. The number of nitrogens with zero attached hydrogens (tertiary/aromatic N) is 3. The van der Waals surface area contributed by atoms with Crippen LogP contribution in [0.1, 0.15) is 20.8 Å². The van der Waals surface area contributed by atoms with Gasteiger partial charge in [0.25, 0.3) is 11.8 Å². The molecule has 0 saturated heterocycles. The fourth-order valence-electron chi connectivity index (χ4n) is 3.01. The molecule has 3 aromatic rings. The molecule has 0 fully saturated rings. The van der Waals surface area contributed by atoms with E-state index in [0.29, 0.717) is 0 Å². The van der Waals surface area contributed by atoms with Crippen molar-refractivity contribution in [3.63, 3.8) is 0 Å². The number of amides is 2. The maximum Gasteiger partial charge on any atom is 0.586 e. The molecule has 172 valence electrons. The zero-order valence-electron chi connectivity index (χ0n) is 16.8. The highest BCUT2D eigenvalue weighted by Crippen LogP contribution is 2.49. The Labute approximate surface area is 197 Å². The molecule has 1 aliphatic rings. The lowest BCUT2D eigenvalue weighted by molar-refractivity contribution is -0.286.